The Bertz CT molecular complexity index is 576. The largest absolute Gasteiger partial charge is 0.324 e. The maximum absolute atomic E-state index is 5.88. The lowest BCUT2D eigenvalue weighted by molar-refractivity contribution is 0.815. The number of halogens is 1. The third-order valence-electron chi connectivity index (χ3n) is 2.77. The van der Waals surface area contributed by atoms with Crippen molar-refractivity contribution in [1.82, 2.24) is 4.98 Å². The number of nitrogens with two attached hydrogens (primary N) is 1. The van der Waals surface area contributed by atoms with Gasteiger partial charge in [-0.2, -0.15) is 0 Å². The Morgan fingerprint density at radius 1 is 1.21 bits per heavy atom. The van der Waals surface area contributed by atoms with Gasteiger partial charge in [-0.05, 0) is 72.1 Å². The van der Waals surface area contributed by atoms with Crippen LogP contribution < -0.4 is 5.73 Å². The molecule has 100 valence electrons. The molecule has 4 heteroatoms. The predicted octanol–water partition coefficient (Wildman–Crippen LogP) is 4.63. The molecule has 1 atom stereocenters. The van der Waals surface area contributed by atoms with Gasteiger partial charge in [0.05, 0.1) is 0 Å². The zero-order chi connectivity index (χ0) is 14.0. The summed E-state index contributed by atoms with van der Waals surface area (Å²) in [6.07, 6.45) is 0. The van der Waals surface area contributed by atoms with Crippen LogP contribution in [0.1, 0.15) is 29.8 Å². The van der Waals surface area contributed by atoms with Crippen LogP contribution in [0.25, 0.3) is 0 Å². The highest BCUT2D eigenvalue weighted by Gasteiger charge is 2.07. The fraction of sp³-hybridized carbons (Fsp3) is 0.267. The smallest absolute Gasteiger partial charge is 0.101 e. The number of aryl methyl sites for hydroxylation is 2. The van der Waals surface area contributed by atoms with Crippen LogP contribution in [-0.2, 0) is 0 Å². The van der Waals surface area contributed by atoms with Gasteiger partial charge in [-0.1, -0.05) is 17.8 Å². The summed E-state index contributed by atoms with van der Waals surface area (Å²) in [6, 6.07) is 10.5. The van der Waals surface area contributed by atoms with Crippen molar-refractivity contribution >= 4 is 27.7 Å². The highest BCUT2D eigenvalue weighted by atomic mass is 79.9. The van der Waals surface area contributed by atoms with Crippen LogP contribution in [0.5, 0.6) is 0 Å². The Morgan fingerprint density at radius 2 is 1.95 bits per heavy atom. The van der Waals surface area contributed by atoms with E-state index in [-0.39, 0.29) is 6.04 Å². The maximum Gasteiger partial charge on any atom is 0.101 e. The summed E-state index contributed by atoms with van der Waals surface area (Å²) in [6.45, 7) is 6.10. The molecule has 0 radical (unpaired) electrons. The second-order valence-electron chi connectivity index (χ2n) is 4.70. The van der Waals surface area contributed by atoms with Crippen LogP contribution >= 0.6 is 27.7 Å². The fourth-order valence-electron chi connectivity index (χ4n) is 1.85. The van der Waals surface area contributed by atoms with E-state index in [0.717, 1.165) is 25.7 Å². The van der Waals surface area contributed by atoms with Gasteiger partial charge in [-0.3, -0.25) is 0 Å². The molecule has 0 saturated heterocycles. The second kappa shape index (κ2) is 6.07. The van der Waals surface area contributed by atoms with Crippen molar-refractivity contribution in [3.63, 3.8) is 0 Å². The standard InChI is InChI=1S/C15H17BrN2S/c1-9-6-10(2)18-15(7-9)19-14-5-4-12(11(3)17)8-13(14)16/h4-8,11H,17H2,1-3H3. The molecule has 1 aromatic heterocycles. The fourth-order valence-corrected chi connectivity index (χ4v) is 3.44. The number of rotatable bonds is 3. The van der Waals surface area contributed by atoms with Crippen LogP contribution in [0.15, 0.2) is 44.7 Å². The average Bonchev–Trinajstić information content (AvgIpc) is 2.30. The van der Waals surface area contributed by atoms with Crippen LogP contribution in [0, 0.1) is 13.8 Å². The second-order valence-corrected chi connectivity index (χ2v) is 6.62. The summed E-state index contributed by atoms with van der Waals surface area (Å²) in [7, 11) is 0. The van der Waals surface area contributed by atoms with Crippen molar-refractivity contribution in [2.75, 3.05) is 0 Å². The molecule has 2 nitrogen and oxygen atoms in total. The number of pyridine rings is 1. The first-order valence-electron chi connectivity index (χ1n) is 6.14. The van der Waals surface area contributed by atoms with Crippen LogP contribution in [0.2, 0.25) is 0 Å². The lowest BCUT2D eigenvalue weighted by Crippen LogP contribution is -2.04. The molecule has 0 amide bonds. The van der Waals surface area contributed by atoms with Gasteiger partial charge >= 0.3 is 0 Å². The van der Waals surface area contributed by atoms with Gasteiger partial charge in [0.1, 0.15) is 5.03 Å². The van der Waals surface area contributed by atoms with E-state index in [2.05, 4.69) is 58.2 Å². The number of benzene rings is 1. The quantitative estimate of drug-likeness (QED) is 0.887. The minimum absolute atomic E-state index is 0.0506. The van der Waals surface area contributed by atoms with Crippen LogP contribution in [0.4, 0.5) is 0 Å². The molecule has 0 aliphatic rings. The van der Waals surface area contributed by atoms with E-state index < -0.39 is 0 Å². The predicted molar refractivity (Wildman–Crippen MR) is 84.6 cm³/mol. The summed E-state index contributed by atoms with van der Waals surface area (Å²) in [5.74, 6) is 0. The SMILES string of the molecule is Cc1cc(C)nc(Sc2ccc(C(C)N)cc2Br)c1. The van der Waals surface area contributed by atoms with E-state index in [4.69, 9.17) is 5.73 Å². The van der Waals surface area contributed by atoms with E-state index >= 15 is 0 Å². The molecule has 2 rings (SSSR count). The van der Waals surface area contributed by atoms with Gasteiger partial charge < -0.3 is 5.73 Å². The summed E-state index contributed by atoms with van der Waals surface area (Å²) in [5.41, 5.74) is 9.30. The Balaban J connectivity index is 2.28. The van der Waals surface area contributed by atoms with Crippen molar-refractivity contribution in [1.29, 1.82) is 0 Å². The first kappa shape index (κ1) is 14.6. The molecule has 0 saturated carbocycles. The Morgan fingerprint density at radius 3 is 2.53 bits per heavy atom. The molecule has 0 spiro atoms. The van der Waals surface area contributed by atoms with Gasteiger partial charge in [0, 0.05) is 21.1 Å². The molecule has 0 aliphatic heterocycles. The van der Waals surface area contributed by atoms with Gasteiger partial charge in [0.2, 0.25) is 0 Å². The molecule has 1 aromatic carbocycles. The van der Waals surface area contributed by atoms with Crippen molar-refractivity contribution in [2.24, 2.45) is 5.73 Å². The van der Waals surface area contributed by atoms with E-state index in [1.54, 1.807) is 11.8 Å². The lowest BCUT2D eigenvalue weighted by Gasteiger charge is -2.10. The molecule has 19 heavy (non-hydrogen) atoms. The number of aromatic nitrogens is 1. The maximum atomic E-state index is 5.88. The minimum Gasteiger partial charge on any atom is -0.324 e. The Labute approximate surface area is 126 Å². The van der Waals surface area contributed by atoms with E-state index in [0.29, 0.717) is 0 Å². The summed E-state index contributed by atoms with van der Waals surface area (Å²) < 4.78 is 1.06. The highest BCUT2D eigenvalue weighted by Crippen LogP contribution is 2.34. The Hall–Kier alpha value is -0.840. The summed E-state index contributed by atoms with van der Waals surface area (Å²) in [4.78, 5) is 5.70. The molecular formula is C15H17BrN2S. The van der Waals surface area contributed by atoms with Gasteiger partial charge in [0.25, 0.3) is 0 Å². The van der Waals surface area contributed by atoms with Gasteiger partial charge in [0.15, 0.2) is 0 Å². The molecular weight excluding hydrogens is 320 g/mol. The molecule has 2 N–H and O–H groups in total. The lowest BCUT2D eigenvalue weighted by atomic mass is 10.1. The third-order valence-corrected chi connectivity index (χ3v) is 4.68. The molecule has 0 fully saturated rings. The monoisotopic (exact) mass is 336 g/mol. The first-order chi connectivity index (χ1) is 8.95. The summed E-state index contributed by atoms with van der Waals surface area (Å²) in [5, 5.41) is 1.02. The zero-order valence-corrected chi connectivity index (χ0v) is 13.7. The average molecular weight is 337 g/mol. The molecule has 0 bridgehead atoms. The topological polar surface area (TPSA) is 38.9 Å². The Kier molecular flexibility index (Phi) is 4.66. The van der Waals surface area contributed by atoms with Crippen LogP contribution in [-0.4, -0.2) is 4.98 Å². The first-order valence-corrected chi connectivity index (χ1v) is 7.75. The normalized spacial score (nSPS) is 12.5. The van der Waals surface area contributed by atoms with Gasteiger partial charge in [-0.15, -0.1) is 0 Å². The molecule has 1 unspecified atom stereocenters. The van der Waals surface area contributed by atoms with Crippen LogP contribution in [0.3, 0.4) is 0 Å². The van der Waals surface area contributed by atoms with E-state index in [9.17, 15) is 0 Å². The van der Waals surface area contributed by atoms with Gasteiger partial charge in [-0.25, -0.2) is 4.98 Å². The zero-order valence-electron chi connectivity index (χ0n) is 11.3. The summed E-state index contributed by atoms with van der Waals surface area (Å²) >= 11 is 5.27. The van der Waals surface area contributed by atoms with Crippen molar-refractivity contribution in [2.45, 2.75) is 36.7 Å². The highest BCUT2D eigenvalue weighted by molar-refractivity contribution is 9.10. The molecule has 1 heterocycles. The third kappa shape index (κ3) is 3.81. The number of hydrogen-bond acceptors (Lipinski definition) is 3. The minimum atomic E-state index is 0.0506. The molecule has 2 aromatic rings. The van der Waals surface area contributed by atoms with E-state index in [1.807, 2.05) is 13.8 Å². The van der Waals surface area contributed by atoms with Crippen molar-refractivity contribution in [3.05, 3.63) is 51.6 Å². The number of hydrogen-bond donors (Lipinski definition) is 1. The van der Waals surface area contributed by atoms with Crippen molar-refractivity contribution in [3.8, 4) is 0 Å². The van der Waals surface area contributed by atoms with Crippen molar-refractivity contribution < 1.29 is 0 Å². The molecule has 0 aliphatic carbocycles. The number of nitrogens with zero attached hydrogens (tertiary/aromatic N) is 1. The van der Waals surface area contributed by atoms with E-state index in [1.165, 1.54) is 5.56 Å².